The number of aromatic nitrogens is 4. The molecule has 22 heavy (non-hydrogen) atoms. The monoisotopic (exact) mass is 295 g/mol. The number of anilines is 1. The number of amides is 1. The number of carbonyl (C=O) groups is 1. The minimum atomic E-state index is -0.119. The Hall–Kier alpha value is -2.89. The maximum absolute atomic E-state index is 12.0. The Morgan fingerprint density at radius 1 is 1.18 bits per heavy atom. The van der Waals surface area contributed by atoms with E-state index in [1.807, 2.05) is 49.5 Å². The molecule has 1 amide bonds. The number of rotatable bonds is 5. The van der Waals surface area contributed by atoms with Crippen molar-refractivity contribution in [2.45, 2.75) is 20.0 Å². The lowest BCUT2D eigenvalue weighted by Crippen LogP contribution is -2.19. The van der Waals surface area contributed by atoms with Crippen LogP contribution in [0.5, 0.6) is 0 Å². The Morgan fingerprint density at radius 3 is 2.73 bits per heavy atom. The SMILES string of the molecule is Cc1ccnn1CC(=O)Nc1cnn(Cc2ccccc2)c1. The highest BCUT2D eigenvalue weighted by Crippen LogP contribution is 2.08. The maximum atomic E-state index is 12.0. The zero-order chi connectivity index (χ0) is 15.4. The third kappa shape index (κ3) is 3.41. The number of nitrogens with one attached hydrogen (secondary N) is 1. The molecule has 6 nitrogen and oxygen atoms in total. The van der Waals surface area contributed by atoms with Crippen LogP contribution in [0.4, 0.5) is 5.69 Å². The number of hydrogen-bond acceptors (Lipinski definition) is 3. The lowest BCUT2D eigenvalue weighted by Gasteiger charge is -2.04. The largest absolute Gasteiger partial charge is 0.322 e. The normalized spacial score (nSPS) is 10.6. The summed E-state index contributed by atoms with van der Waals surface area (Å²) in [6.07, 6.45) is 5.15. The van der Waals surface area contributed by atoms with Crippen molar-refractivity contribution in [2.75, 3.05) is 5.32 Å². The molecule has 0 radical (unpaired) electrons. The second-order valence-electron chi connectivity index (χ2n) is 5.09. The first-order valence-electron chi connectivity index (χ1n) is 7.05. The Bertz CT molecular complexity index is 760. The number of nitrogens with zero attached hydrogens (tertiary/aromatic N) is 4. The average molecular weight is 295 g/mol. The quantitative estimate of drug-likeness (QED) is 0.783. The summed E-state index contributed by atoms with van der Waals surface area (Å²) < 4.78 is 3.45. The summed E-state index contributed by atoms with van der Waals surface area (Å²) in [7, 11) is 0. The summed E-state index contributed by atoms with van der Waals surface area (Å²) in [6.45, 7) is 2.79. The summed E-state index contributed by atoms with van der Waals surface area (Å²) in [4.78, 5) is 12.0. The van der Waals surface area contributed by atoms with E-state index in [1.165, 1.54) is 0 Å². The van der Waals surface area contributed by atoms with Crippen molar-refractivity contribution in [3.8, 4) is 0 Å². The molecule has 3 rings (SSSR count). The first-order valence-corrected chi connectivity index (χ1v) is 7.05. The van der Waals surface area contributed by atoms with Gasteiger partial charge in [0.2, 0.25) is 5.91 Å². The van der Waals surface area contributed by atoms with Crippen molar-refractivity contribution < 1.29 is 4.79 Å². The lowest BCUT2D eigenvalue weighted by molar-refractivity contribution is -0.116. The van der Waals surface area contributed by atoms with E-state index in [-0.39, 0.29) is 12.5 Å². The molecule has 0 unspecified atom stereocenters. The van der Waals surface area contributed by atoms with Gasteiger partial charge in [-0.15, -0.1) is 0 Å². The Balaban J connectivity index is 1.59. The number of aryl methyl sites for hydroxylation is 1. The van der Waals surface area contributed by atoms with Gasteiger partial charge in [-0.3, -0.25) is 14.2 Å². The van der Waals surface area contributed by atoms with E-state index in [4.69, 9.17) is 0 Å². The van der Waals surface area contributed by atoms with Crippen LogP contribution >= 0.6 is 0 Å². The Kier molecular flexibility index (Phi) is 4.00. The molecule has 6 heteroatoms. The molecule has 0 saturated carbocycles. The molecule has 0 atom stereocenters. The van der Waals surface area contributed by atoms with Crippen LogP contribution in [0, 0.1) is 6.92 Å². The number of hydrogen-bond donors (Lipinski definition) is 1. The van der Waals surface area contributed by atoms with Crippen LogP contribution in [0.2, 0.25) is 0 Å². The zero-order valence-electron chi connectivity index (χ0n) is 12.3. The topological polar surface area (TPSA) is 64.7 Å². The van der Waals surface area contributed by atoms with E-state index in [2.05, 4.69) is 15.5 Å². The first kappa shape index (κ1) is 14.1. The van der Waals surface area contributed by atoms with Gasteiger partial charge in [0.25, 0.3) is 0 Å². The average Bonchev–Trinajstić information content (AvgIpc) is 3.10. The summed E-state index contributed by atoms with van der Waals surface area (Å²) in [5.41, 5.74) is 2.80. The molecule has 1 aromatic carbocycles. The van der Waals surface area contributed by atoms with Crippen LogP contribution in [0.15, 0.2) is 55.0 Å². The van der Waals surface area contributed by atoms with Gasteiger partial charge < -0.3 is 5.32 Å². The molecule has 0 aliphatic rings. The van der Waals surface area contributed by atoms with Gasteiger partial charge in [0.1, 0.15) is 6.54 Å². The predicted octanol–water partition coefficient (Wildman–Crippen LogP) is 2.08. The van der Waals surface area contributed by atoms with Gasteiger partial charge in [0.05, 0.1) is 18.4 Å². The highest BCUT2D eigenvalue weighted by molar-refractivity contribution is 5.90. The molecular formula is C16H17N5O. The Labute approximate surface area is 128 Å². The molecule has 112 valence electrons. The van der Waals surface area contributed by atoms with Gasteiger partial charge in [0, 0.05) is 18.1 Å². The molecule has 0 aliphatic heterocycles. The summed E-state index contributed by atoms with van der Waals surface area (Å²) in [5, 5.41) is 11.2. The second kappa shape index (κ2) is 6.26. The van der Waals surface area contributed by atoms with E-state index in [9.17, 15) is 4.79 Å². The lowest BCUT2D eigenvalue weighted by atomic mass is 10.2. The van der Waals surface area contributed by atoms with E-state index >= 15 is 0 Å². The molecule has 0 aliphatic carbocycles. The fourth-order valence-electron chi connectivity index (χ4n) is 2.19. The van der Waals surface area contributed by atoms with Crippen LogP contribution in [0.25, 0.3) is 0 Å². The van der Waals surface area contributed by atoms with Gasteiger partial charge >= 0.3 is 0 Å². The minimum Gasteiger partial charge on any atom is -0.322 e. The highest BCUT2D eigenvalue weighted by Gasteiger charge is 2.07. The standard InChI is InChI=1S/C16H17N5O/c1-13-7-8-17-21(13)12-16(22)19-15-9-18-20(11-15)10-14-5-3-2-4-6-14/h2-9,11H,10,12H2,1H3,(H,19,22). The van der Waals surface area contributed by atoms with E-state index in [0.29, 0.717) is 12.2 Å². The van der Waals surface area contributed by atoms with Crippen molar-refractivity contribution in [3.63, 3.8) is 0 Å². The van der Waals surface area contributed by atoms with Crippen LogP contribution < -0.4 is 5.32 Å². The molecule has 0 saturated heterocycles. The van der Waals surface area contributed by atoms with Gasteiger partial charge in [-0.1, -0.05) is 30.3 Å². The van der Waals surface area contributed by atoms with E-state index in [1.54, 1.807) is 21.8 Å². The van der Waals surface area contributed by atoms with Crippen molar-refractivity contribution in [2.24, 2.45) is 0 Å². The van der Waals surface area contributed by atoms with Gasteiger partial charge in [-0.25, -0.2) is 0 Å². The third-order valence-corrected chi connectivity index (χ3v) is 3.33. The molecule has 1 N–H and O–H groups in total. The summed E-state index contributed by atoms with van der Waals surface area (Å²) in [6, 6.07) is 11.9. The molecular weight excluding hydrogens is 278 g/mol. The van der Waals surface area contributed by atoms with Crippen molar-refractivity contribution >= 4 is 11.6 Å². The fourth-order valence-corrected chi connectivity index (χ4v) is 2.19. The Morgan fingerprint density at radius 2 is 2.00 bits per heavy atom. The number of carbonyl (C=O) groups excluding carboxylic acids is 1. The summed E-state index contributed by atoms with van der Waals surface area (Å²) in [5.74, 6) is -0.119. The highest BCUT2D eigenvalue weighted by atomic mass is 16.2. The van der Waals surface area contributed by atoms with Crippen LogP contribution in [-0.4, -0.2) is 25.5 Å². The fraction of sp³-hybridized carbons (Fsp3) is 0.188. The smallest absolute Gasteiger partial charge is 0.246 e. The number of benzene rings is 1. The molecule has 2 aromatic heterocycles. The van der Waals surface area contributed by atoms with Crippen molar-refractivity contribution in [1.29, 1.82) is 0 Å². The molecule has 0 spiro atoms. The molecule has 0 bridgehead atoms. The molecule has 0 fully saturated rings. The van der Waals surface area contributed by atoms with E-state index in [0.717, 1.165) is 11.3 Å². The van der Waals surface area contributed by atoms with Crippen LogP contribution in [-0.2, 0) is 17.9 Å². The van der Waals surface area contributed by atoms with Crippen LogP contribution in [0.3, 0.4) is 0 Å². The van der Waals surface area contributed by atoms with Gasteiger partial charge in [0.15, 0.2) is 0 Å². The third-order valence-electron chi connectivity index (χ3n) is 3.33. The molecule has 2 heterocycles. The maximum Gasteiger partial charge on any atom is 0.246 e. The molecule has 3 aromatic rings. The second-order valence-corrected chi connectivity index (χ2v) is 5.09. The predicted molar refractivity (Wildman–Crippen MR) is 83.4 cm³/mol. The van der Waals surface area contributed by atoms with Gasteiger partial charge in [-0.2, -0.15) is 10.2 Å². The first-order chi connectivity index (χ1) is 10.7. The van der Waals surface area contributed by atoms with E-state index < -0.39 is 0 Å². The van der Waals surface area contributed by atoms with Crippen LogP contribution in [0.1, 0.15) is 11.3 Å². The summed E-state index contributed by atoms with van der Waals surface area (Å²) >= 11 is 0. The van der Waals surface area contributed by atoms with Crippen molar-refractivity contribution in [1.82, 2.24) is 19.6 Å². The van der Waals surface area contributed by atoms with Gasteiger partial charge in [-0.05, 0) is 18.6 Å². The minimum absolute atomic E-state index is 0.119. The van der Waals surface area contributed by atoms with Crippen molar-refractivity contribution in [3.05, 3.63) is 66.2 Å². The zero-order valence-corrected chi connectivity index (χ0v) is 12.3.